The highest BCUT2D eigenvalue weighted by Gasteiger charge is 2.35. The lowest BCUT2D eigenvalue weighted by atomic mass is 10.2. The molecule has 0 bridgehead atoms. The van der Waals surface area contributed by atoms with Gasteiger partial charge in [0.25, 0.3) is 0 Å². The molecule has 0 amide bonds. The van der Waals surface area contributed by atoms with Crippen LogP contribution in [0.3, 0.4) is 0 Å². The molecule has 102 valence electrons. The lowest BCUT2D eigenvalue weighted by molar-refractivity contribution is 0.0970. The predicted octanol–water partition coefficient (Wildman–Crippen LogP) is 0.211. The average Bonchev–Trinajstić information content (AvgIpc) is 2.30. The van der Waals surface area contributed by atoms with Crippen molar-refractivity contribution in [2.45, 2.75) is 31.1 Å². The van der Waals surface area contributed by atoms with E-state index >= 15 is 0 Å². The Hall–Kier alpha value is 0.120. The van der Waals surface area contributed by atoms with Crippen LogP contribution in [0.1, 0.15) is 19.8 Å². The van der Waals surface area contributed by atoms with Gasteiger partial charge >= 0.3 is 0 Å². The largest absolute Gasteiger partial charge is 0.380 e. The third kappa shape index (κ3) is 3.54. The molecule has 1 unspecified atom stereocenters. The summed E-state index contributed by atoms with van der Waals surface area (Å²) in [6.07, 6.45) is 1.59. The number of rotatable bonds is 2. The average molecular weight is 285 g/mol. The summed E-state index contributed by atoms with van der Waals surface area (Å²) >= 11 is 0. The summed E-state index contributed by atoms with van der Waals surface area (Å²) in [4.78, 5) is 0. The SMILES string of the molecule is C[C@@H]1CN(S(=O)(=O)C2CCCOC2)CCN1.Cl. The summed E-state index contributed by atoms with van der Waals surface area (Å²) < 4.78 is 31.5. The van der Waals surface area contributed by atoms with Gasteiger partial charge in [0.2, 0.25) is 10.0 Å². The molecule has 0 saturated carbocycles. The molecule has 0 aliphatic carbocycles. The summed E-state index contributed by atoms with van der Waals surface area (Å²) in [6, 6.07) is 0.244. The molecule has 5 nitrogen and oxygen atoms in total. The van der Waals surface area contributed by atoms with Gasteiger partial charge in [-0.15, -0.1) is 12.4 Å². The van der Waals surface area contributed by atoms with Crippen LogP contribution >= 0.6 is 12.4 Å². The van der Waals surface area contributed by atoms with Gasteiger partial charge in [0.05, 0.1) is 11.9 Å². The minimum Gasteiger partial charge on any atom is -0.380 e. The molecule has 2 rings (SSSR count). The first kappa shape index (κ1) is 15.2. The van der Waals surface area contributed by atoms with E-state index in [9.17, 15) is 8.42 Å². The molecule has 1 N–H and O–H groups in total. The van der Waals surface area contributed by atoms with E-state index in [1.165, 1.54) is 0 Å². The van der Waals surface area contributed by atoms with Crippen LogP contribution in [0.25, 0.3) is 0 Å². The fourth-order valence-corrected chi connectivity index (χ4v) is 4.22. The molecular weight excluding hydrogens is 264 g/mol. The van der Waals surface area contributed by atoms with E-state index < -0.39 is 10.0 Å². The molecule has 0 aromatic heterocycles. The fraction of sp³-hybridized carbons (Fsp3) is 1.00. The zero-order valence-corrected chi connectivity index (χ0v) is 11.7. The highest BCUT2D eigenvalue weighted by Crippen LogP contribution is 2.19. The summed E-state index contributed by atoms with van der Waals surface area (Å²) in [5, 5.41) is 2.92. The fourth-order valence-electron chi connectivity index (χ4n) is 2.28. The number of nitrogens with one attached hydrogen (secondary N) is 1. The monoisotopic (exact) mass is 284 g/mol. The molecule has 0 radical (unpaired) electrons. The minimum atomic E-state index is -3.15. The Bertz CT molecular complexity index is 330. The molecule has 2 aliphatic heterocycles. The molecule has 2 heterocycles. The molecule has 0 aromatic rings. The number of nitrogens with zero attached hydrogens (tertiary/aromatic N) is 1. The summed E-state index contributed by atoms with van der Waals surface area (Å²) in [7, 11) is -3.15. The smallest absolute Gasteiger partial charge is 0.219 e. The Balaban J connectivity index is 0.00000144. The normalized spacial score (nSPS) is 31.8. The minimum absolute atomic E-state index is 0. The number of hydrogen-bond donors (Lipinski definition) is 1. The lowest BCUT2D eigenvalue weighted by Crippen LogP contribution is -2.54. The van der Waals surface area contributed by atoms with Gasteiger partial charge in [-0.25, -0.2) is 8.42 Å². The van der Waals surface area contributed by atoms with Gasteiger partial charge < -0.3 is 10.1 Å². The van der Waals surface area contributed by atoms with Gasteiger partial charge in [-0.05, 0) is 19.8 Å². The number of ether oxygens (including phenoxy) is 1. The maximum Gasteiger partial charge on any atom is 0.219 e. The summed E-state index contributed by atoms with van der Waals surface area (Å²) in [5.74, 6) is 0. The van der Waals surface area contributed by atoms with Gasteiger partial charge in [0.15, 0.2) is 0 Å². The third-order valence-corrected chi connectivity index (χ3v) is 5.50. The van der Waals surface area contributed by atoms with E-state index in [1.54, 1.807) is 4.31 Å². The van der Waals surface area contributed by atoms with E-state index in [1.807, 2.05) is 6.92 Å². The first-order valence-electron chi connectivity index (χ1n) is 5.91. The molecule has 7 heteroatoms. The lowest BCUT2D eigenvalue weighted by Gasteiger charge is -2.34. The highest BCUT2D eigenvalue weighted by molar-refractivity contribution is 7.89. The number of hydrogen-bond acceptors (Lipinski definition) is 4. The second-order valence-electron chi connectivity index (χ2n) is 4.60. The van der Waals surface area contributed by atoms with E-state index in [2.05, 4.69) is 5.32 Å². The molecule has 0 spiro atoms. The van der Waals surface area contributed by atoms with E-state index in [-0.39, 0.29) is 23.7 Å². The first-order chi connectivity index (χ1) is 7.60. The molecule has 2 atom stereocenters. The Labute approximate surface area is 109 Å². The van der Waals surface area contributed by atoms with Gasteiger partial charge in [-0.2, -0.15) is 4.31 Å². The van der Waals surface area contributed by atoms with Crippen molar-refractivity contribution in [3.63, 3.8) is 0 Å². The van der Waals surface area contributed by atoms with E-state index in [4.69, 9.17) is 4.74 Å². The zero-order chi connectivity index (χ0) is 11.6. The van der Waals surface area contributed by atoms with Crippen molar-refractivity contribution in [2.75, 3.05) is 32.8 Å². The Kier molecular flexibility index (Phi) is 5.66. The highest BCUT2D eigenvalue weighted by atomic mass is 35.5. The predicted molar refractivity (Wildman–Crippen MR) is 69.0 cm³/mol. The van der Waals surface area contributed by atoms with Crippen LogP contribution in [0.4, 0.5) is 0 Å². The maximum atomic E-state index is 12.3. The Morgan fingerprint density at radius 3 is 2.76 bits per heavy atom. The van der Waals surface area contributed by atoms with E-state index in [0.717, 1.165) is 19.4 Å². The van der Waals surface area contributed by atoms with Crippen molar-refractivity contribution in [3.05, 3.63) is 0 Å². The second kappa shape index (κ2) is 6.33. The maximum absolute atomic E-state index is 12.3. The first-order valence-corrected chi connectivity index (χ1v) is 7.41. The molecule has 17 heavy (non-hydrogen) atoms. The Morgan fingerprint density at radius 1 is 1.41 bits per heavy atom. The van der Waals surface area contributed by atoms with Crippen LogP contribution in [0.5, 0.6) is 0 Å². The molecule has 2 fully saturated rings. The standard InChI is InChI=1S/C10H20N2O3S.ClH/c1-9-7-12(5-4-11-9)16(13,14)10-3-2-6-15-8-10;/h9-11H,2-8H2,1H3;1H/t9-,10?;/m1./s1. The van der Waals surface area contributed by atoms with Crippen molar-refractivity contribution in [2.24, 2.45) is 0 Å². The third-order valence-electron chi connectivity index (χ3n) is 3.23. The number of sulfonamides is 1. The summed E-state index contributed by atoms with van der Waals surface area (Å²) in [5.41, 5.74) is 0. The van der Waals surface area contributed by atoms with Crippen molar-refractivity contribution in [1.29, 1.82) is 0 Å². The van der Waals surface area contributed by atoms with Crippen molar-refractivity contribution in [3.8, 4) is 0 Å². The van der Waals surface area contributed by atoms with Crippen LogP contribution < -0.4 is 5.32 Å². The molecule has 2 aliphatic rings. The van der Waals surface area contributed by atoms with Crippen molar-refractivity contribution in [1.82, 2.24) is 9.62 Å². The zero-order valence-electron chi connectivity index (χ0n) is 10.1. The molecule has 2 saturated heterocycles. The van der Waals surface area contributed by atoms with Crippen LogP contribution in [0.15, 0.2) is 0 Å². The molecular formula is C10H21ClN2O3S. The van der Waals surface area contributed by atoms with E-state index in [0.29, 0.717) is 26.3 Å². The quantitative estimate of drug-likeness (QED) is 0.788. The van der Waals surface area contributed by atoms with Gasteiger partial charge in [0.1, 0.15) is 0 Å². The second-order valence-corrected chi connectivity index (χ2v) is 6.81. The number of piperazine rings is 1. The van der Waals surface area contributed by atoms with Gasteiger partial charge in [-0.1, -0.05) is 0 Å². The van der Waals surface area contributed by atoms with Crippen molar-refractivity contribution < 1.29 is 13.2 Å². The summed E-state index contributed by atoms with van der Waals surface area (Å²) in [6.45, 7) is 4.99. The topological polar surface area (TPSA) is 58.6 Å². The molecule has 0 aromatic carbocycles. The van der Waals surface area contributed by atoms with Crippen LogP contribution in [-0.2, 0) is 14.8 Å². The Morgan fingerprint density at radius 2 is 2.18 bits per heavy atom. The van der Waals surface area contributed by atoms with Crippen LogP contribution in [0, 0.1) is 0 Å². The number of halogens is 1. The van der Waals surface area contributed by atoms with Gasteiger partial charge in [-0.3, -0.25) is 0 Å². The van der Waals surface area contributed by atoms with Gasteiger partial charge in [0, 0.05) is 32.3 Å². The van der Waals surface area contributed by atoms with Crippen LogP contribution in [0.2, 0.25) is 0 Å². The van der Waals surface area contributed by atoms with Crippen molar-refractivity contribution >= 4 is 22.4 Å². The van der Waals surface area contributed by atoms with Crippen LogP contribution in [-0.4, -0.2) is 56.9 Å².